The Morgan fingerprint density at radius 1 is 0.765 bits per heavy atom. The zero-order valence-corrected chi connectivity index (χ0v) is 14.1. The molecule has 0 saturated heterocycles. The average molecular weight is 349 g/mol. The molecule has 0 bridgehead atoms. The van der Waals surface area contributed by atoms with Crippen molar-refractivity contribution in [1.29, 1.82) is 0 Å². The summed E-state index contributed by atoms with van der Waals surface area (Å²) in [5, 5.41) is 0. The number of rotatable bonds is 3. The SMILES string of the molecule is CC1CCC([I+]C2CCC(C(C)C)CC2)CC1. The second-order valence-electron chi connectivity index (χ2n) is 6.74. The van der Waals surface area contributed by atoms with Gasteiger partial charge in [0.2, 0.25) is 0 Å². The van der Waals surface area contributed by atoms with Gasteiger partial charge in [-0.15, -0.1) is 0 Å². The number of alkyl halides is 2. The van der Waals surface area contributed by atoms with Crippen molar-refractivity contribution in [2.24, 2.45) is 17.8 Å². The summed E-state index contributed by atoms with van der Waals surface area (Å²) < 4.78 is 2.40. The molecule has 0 radical (unpaired) electrons. The predicted octanol–water partition coefficient (Wildman–Crippen LogP) is 1.87. The lowest BCUT2D eigenvalue weighted by Gasteiger charge is -2.27. The Hall–Kier alpha value is 0.730. The van der Waals surface area contributed by atoms with E-state index in [0.717, 1.165) is 17.8 Å². The summed E-state index contributed by atoms with van der Waals surface area (Å²) >= 11 is 0.524. The molecule has 0 aliphatic heterocycles. The molecule has 0 nitrogen and oxygen atoms in total. The van der Waals surface area contributed by atoms with Gasteiger partial charge in [0.15, 0.2) is 7.85 Å². The molecule has 0 aromatic rings. The molecule has 0 aromatic heterocycles. The van der Waals surface area contributed by atoms with E-state index in [4.69, 9.17) is 0 Å². The first-order valence-electron chi connectivity index (χ1n) is 7.77. The van der Waals surface area contributed by atoms with Gasteiger partial charge in [-0.3, -0.25) is 0 Å². The second-order valence-corrected chi connectivity index (χ2v) is 11.0. The molecule has 2 saturated carbocycles. The summed E-state index contributed by atoms with van der Waals surface area (Å²) in [6.07, 6.45) is 12.5. The van der Waals surface area contributed by atoms with E-state index in [0.29, 0.717) is 21.2 Å². The molecule has 0 amide bonds. The van der Waals surface area contributed by atoms with Gasteiger partial charge in [0, 0.05) is 0 Å². The van der Waals surface area contributed by atoms with Crippen molar-refractivity contribution < 1.29 is 21.2 Å². The van der Waals surface area contributed by atoms with Crippen LogP contribution in [0, 0.1) is 17.8 Å². The third kappa shape index (κ3) is 4.40. The first kappa shape index (κ1) is 14.1. The highest BCUT2D eigenvalue weighted by Gasteiger charge is 2.37. The van der Waals surface area contributed by atoms with Crippen LogP contribution in [0.3, 0.4) is 0 Å². The van der Waals surface area contributed by atoms with Gasteiger partial charge >= 0.3 is 0 Å². The summed E-state index contributed by atoms with van der Waals surface area (Å²) in [5.74, 6) is 3.03. The Morgan fingerprint density at radius 2 is 1.24 bits per heavy atom. The van der Waals surface area contributed by atoms with E-state index >= 15 is 0 Å². The van der Waals surface area contributed by atoms with Crippen LogP contribution in [-0.4, -0.2) is 7.85 Å². The molecular formula is C16H30I+. The molecule has 1 heteroatoms. The molecule has 0 N–H and O–H groups in total. The van der Waals surface area contributed by atoms with Gasteiger partial charge < -0.3 is 0 Å². The maximum atomic E-state index is 2.45. The van der Waals surface area contributed by atoms with Crippen LogP contribution < -0.4 is 21.2 Å². The smallest absolute Gasteiger partial charge is 0.0625 e. The van der Waals surface area contributed by atoms with E-state index in [9.17, 15) is 0 Å². The molecule has 100 valence electrons. The van der Waals surface area contributed by atoms with E-state index in [1.807, 2.05) is 0 Å². The van der Waals surface area contributed by atoms with Crippen LogP contribution in [0.2, 0.25) is 0 Å². The molecule has 0 heterocycles. The minimum atomic E-state index is 0.524. The highest BCUT2D eigenvalue weighted by Crippen LogP contribution is 2.28. The van der Waals surface area contributed by atoms with Crippen LogP contribution in [-0.2, 0) is 0 Å². The van der Waals surface area contributed by atoms with Crippen molar-refractivity contribution in [3.63, 3.8) is 0 Å². The van der Waals surface area contributed by atoms with Crippen molar-refractivity contribution >= 4 is 0 Å². The van der Waals surface area contributed by atoms with Crippen molar-refractivity contribution in [3.8, 4) is 0 Å². The van der Waals surface area contributed by atoms with E-state index in [1.54, 1.807) is 38.5 Å². The number of hydrogen-bond acceptors (Lipinski definition) is 0. The van der Waals surface area contributed by atoms with Gasteiger partial charge in [-0.25, -0.2) is 0 Å². The van der Waals surface area contributed by atoms with Crippen molar-refractivity contribution in [3.05, 3.63) is 0 Å². The summed E-state index contributed by atoms with van der Waals surface area (Å²) in [5.41, 5.74) is 0. The van der Waals surface area contributed by atoms with Crippen LogP contribution in [0.15, 0.2) is 0 Å². The lowest BCUT2D eigenvalue weighted by Crippen LogP contribution is -3.68. The van der Waals surface area contributed by atoms with Gasteiger partial charge in [0.1, 0.15) is 0 Å². The minimum Gasteiger partial charge on any atom is -0.0625 e. The molecule has 2 rings (SSSR count). The average Bonchev–Trinajstić information content (AvgIpc) is 2.33. The molecule has 0 aromatic carbocycles. The Labute approximate surface area is 119 Å². The standard InChI is InChI=1S/C16H30I/c1-12(2)14-6-10-16(11-7-14)17-15-8-4-13(3)5-9-15/h12-16H,4-11H2,1-3H3/q+1. The summed E-state index contributed by atoms with van der Waals surface area (Å²) in [4.78, 5) is 0. The summed E-state index contributed by atoms with van der Waals surface area (Å²) in [6.45, 7) is 7.29. The predicted molar refractivity (Wildman–Crippen MR) is 72.0 cm³/mol. The Balaban J connectivity index is 1.67. The first-order valence-corrected chi connectivity index (χ1v) is 10.3. The Morgan fingerprint density at radius 3 is 1.71 bits per heavy atom. The van der Waals surface area contributed by atoms with Gasteiger partial charge in [-0.1, -0.05) is 20.8 Å². The fourth-order valence-electron chi connectivity index (χ4n) is 3.47. The molecule has 2 fully saturated rings. The summed E-state index contributed by atoms with van der Waals surface area (Å²) in [6, 6.07) is 0. The van der Waals surface area contributed by atoms with Crippen molar-refractivity contribution in [2.45, 2.75) is 80.0 Å². The monoisotopic (exact) mass is 349 g/mol. The summed E-state index contributed by atoms with van der Waals surface area (Å²) in [7, 11) is 0. The van der Waals surface area contributed by atoms with Crippen molar-refractivity contribution in [1.82, 2.24) is 0 Å². The highest BCUT2D eigenvalue weighted by atomic mass is 127. The molecule has 0 spiro atoms. The Kier molecular flexibility index (Phi) is 5.63. The molecule has 17 heavy (non-hydrogen) atoms. The third-order valence-electron chi connectivity index (χ3n) is 4.95. The molecular weight excluding hydrogens is 319 g/mol. The lowest BCUT2D eigenvalue weighted by molar-refractivity contribution is -0.726. The van der Waals surface area contributed by atoms with Gasteiger partial charge in [-0.05, 0) is 69.1 Å². The van der Waals surface area contributed by atoms with Crippen LogP contribution in [0.5, 0.6) is 0 Å². The highest BCUT2D eigenvalue weighted by molar-refractivity contribution is 4.75. The van der Waals surface area contributed by atoms with E-state index in [1.165, 1.54) is 20.7 Å². The molecule has 2 aliphatic carbocycles. The van der Waals surface area contributed by atoms with Gasteiger partial charge in [0.25, 0.3) is 21.2 Å². The molecule has 0 unspecified atom stereocenters. The van der Waals surface area contributed by atoms with Gasteiger partial charge in [0.05, 0.1) is 0 Å². The fraction of sp³-hybridized carbons (Fsp3) is 1.00. The number of hydrogen-bond donors (Lipinski definition) is 0. The zero-order chi connectivity index (χ0) is 12.3. The Bertz CT molecular complexity index is 208. The number of halogens is 1. The molecule has 2 aliphatic rings. The second kappa shape index (κ2) is 6.77. The third-order valence-corrected chi connectivity index (χ3v) is 9.47. The molecule has 0 atom stereocenters. The quantitative estimate of drug-likeness (QED) is 0.539. The van der Waals surface area contributed by atoms with E-state index in [-0.39, 0.29) is 0 Å². The largest absolute Gasteiger partial charge is 0.275 e. The van der Waals surface area contributed by atoms with E-state index < -0.39 is 0 Å². The van der Waals surface area contributed by atoms with Crippen molar-refractivity contribution in [2.75, 3.05) is 0 Å². The van der Waals surface area contributed by atoms with Crippen LogP contribution in [0.1, 0.15) is 72.1 Å². The topological polar surface area (TPSA) is 0 Å². The fourth-order valence-corrected chi connectivity index (χ4v) is 7.78. The normalized spacial score (nSPS) is 39.5. The van der Waals surface area contributed by atoms with Crippen LogP contribution in [0.4, 0.5) is 0 Å². The minimum absolute atomic E-state index is 0.524. The lowest BCUT2D eigenvalue weighted by atomic mass is 9.82. The van der Waals surface area contributed by atoms with Crippen LogP contribution in [0.25, 0.3) is 0 Å². The van der Waals surface area contributed by atoms with E-state index in [2.05, 4.69) is 20.8 Å². The maximum Gasteiger partial charge on any atom is 0.275 e. The first-order chi connectivity index (χ1) is 8.15. The zero-order valence-electron chi connectivity index (χ0n) is 11.9. The van der Waals surface area contributed by atoms with Crippen LogP contribution >= 0.6 is 0 Å². The maximum absolute atomic E-state index is 2.45. The van der Waals surface area contributed by atoms with Gasteiger partial charge in [-0.2, -0.15) is 0 Å².